The molecule has 0 unspecified atom stereocenters. The molecule has 0 radical (unpaired) electrons. The van der Waals surface area contributed by atoms with Crippen LogP contribution in [-0.2, 0) is 9.84 Å². The number of alkyl halides is 2. The van der Waals surface area contributed by atoms with E-state index in [0.717, 1.165) is 30.5 Å². The Hall–Kier alpha value is -2.57. The second-order valence-corrected chi connectivity index (χ2v) is 7.80. The van der Waals surface area contributed by atoms with Gasteiger partial charge in [0.05, 0.1) is 11.5 Å². The molecule has 2 aromatic carbocycles. The molecule has 0 saturated carbocycles. The fourth-order valence-corrected chi connectivity index (χ4v) is 3.82. The zero-order valence-corrected chi connectivity index (χ0v) is 14.1. The van der Waals surface area contributed by atoms with Crippen molar-refractivity contribution in [3.05, 3.63) is 58.7 Å². The van der Waals surface area contributed by atoms with E-state index in [1.165, 1.54) is 6.07 Å². The lowest BCUT2D eigenvalue weighted by molar-refractivity contribution is 0.0454. The van der Waals surface area contributed by atoms with Crippen LogP contribution in [0.1, 0.15) is 23.4 Å². The van der Waals surface area contributed by atoms with Crippen LogP contribution in [0.2, 0.25) is 0 Å². The first kappa shape index (κ1) is 18.2. The maximum Gasteiger partial charge on any atom is 0.193 e. The molecule has 0 amide bonds. The zero-order chi connectivity index (χ0) is 19.2. The van der Waals surface area contributed by atoms with Crippen LogP contribution in [0.15, 0.2) is 35.2 Å². The minimum Gasteiger partial charge on any atom is -0.458 e. The van der Waals surface area contributed by atoms with Crippen molar-refractivity contribution in [2.75, 3.05) is 6.26 Å². The first-order chi connectivity index (χ1) is 12.1. The topological polar surface area (TPSA) is 68.0 Å². The van der Waals surface area contributed by atoms with E-state index in [1.807, 2.05) is 0 Å². The number of ether oxygens (including phenoxy) is 1. The average Bonchev–Trinajstić information content (AvgIpc) is 2.79. The van der Waals surface area contributed by atoms with Crippen molar-refractivity contribution in [2.24, 2.45) is 0 Å². The van der Waals surface area contributed by atoms with E-state index in [-0.39, 0.29) is 17.2 Å². The Balaban J connectivity index is 2.17. The Morgan fingerprint density at radius 2 is 1.88 bits per heavy atom. The van der Waals surface area contributed by atoms with Gasteiger partial charge in [0, 0.05) is 23.4 Å². The van der Waals surface area contributed by atoms with E-state index in [1.54, 1.807) is 0 Å². The molecule has 0 fully saturated rings. The highest BCUT2D eigenvalue weighted by atomic mass is 32.2. The summed E-state index contributed by atoms with van der Waals surface area (Å²) in [6.07, 6.45) is -5.80. The van der Waals surface area contributed by atoms with E-state index in [4.69, 9.17) is 11.3 Å². The van der Waals surface area contributed by atoms with Gasteiger partial charge in [0.15, 0.2) is 27.9 Å². The molecule has 1 aliphatic rings. The van der Waals surface area contributed by atoms with Gasteiger partial charge in [-0.2, -0.15) is 0 Å². The molecule has 5 nitrogen and oxygen atoms in total. The number of benzene rings is 2. The van der Waals surface area contributed by atoms with Gasteiger partial charge in [-0.1, -0.05) is 0 Å². The van der Waals surface area contributed by atoms with Crippen molar-refractivity contribution in [1.29, 1.82) is 0 Å². The number of halogens is 3. The lowest BCUT2D eigenvalue weighted by atomic mass is 10.1. The second-order valence-electron chi connectivity index (χ2n) is 5.81. The molecule has 3 atom stereocenters. The molecule has 0 heterocycles. The minimum atomic E-state index is -3.86. The standard InChI is InChI=1S/C17H12F3NO4S/c1-21-9-5-8(18)6-10(7-9)25-11-3-4-12(26(2,23)24)14-13(11)15(19)16(20)17(14)22/h3-7,15-17,22H,2H3/t15-,16+,17-/m0/s1. The fourth-order valence-electron chi connectivity index (χ4n) is 2.88. The molecule has 1 aliphatic carbocycles. The third-order valence-electron chi connectivity index (χ3n) is 3.97. The lowest BCUT2D eigenvalue weighted by Gasteiger charge is -2.15. The highest BCUT2D eigenvalue weighted by Crippen LogP contribution is 2.50. The predicted octanol–water partition coefficient (Wildman–Crippen LogP) is 3.97. The molecule has 0 spiro atoms. The average molecular weight is 383 g/mol. The number of rotatable bonds is 3. The van der Waals surface area contributed by atoms with Crippen molar-refractivity contribution in [2.45, 2.75) is 23.3 Å². The van der Waals surface area contributed by atoms with Gasteiger partial charge in [-0.3, -0.25) is 0 Å². The van der Waals surface area contributed by atoms with E-state index < -0.39 is 50.1 Å². The summed E-state index contributed by atoms with van der Waals surface area (Å²) in [5.41, 5.74) is -0.919. The summed E-state index contributed by atoms with van der Waals surface area (Å²) in [6.45, 7) is 6.91. The number of sulfone groups is 1. The quantitative estimate of drug-likeness (QED) is 0.815. The molecule has 0 aliphatic heterocycles. The van der Waals surface area contributed by atoms with Crippen LogP contribution in [0.4, 0.5) is 18.9 Å². The number of hydrogen-bond donors (Lipinski definition) is 1. The number of aliphatic hydroxyl groups is 1. The Bertz CT molecular complexity index is 1030. The maximum absolute atomic E-state index is 14.4. The third kappa shape index (κ3) is 3.02. The van der Waals surface area contributed by atoms with Crippen LogP contribution >= 0.6 is 0 Å². The van der Waals surface area contributed by atoms with Crippen LogP contribution in [0.25, 0.3) is 4.85 Å². The summed E-state index contributed by atoms with van der Waals surface area (Å²) in [6, 6.07) is 5.27. The molecule has 0 aromatic heterocycles. The van der Waals surface area contributed by atoms with Gasteiger partial charge in [-0.25, -0.2) is 26.4 Å². The molecule has 0 bridgehead atoms. The number of nitrogens with zero attached hydrogens (tertiary/aromatic N) is 1. The molecule has 2 aromatic rings. The van der Waals surface area contributed by atoms with E-state index in [2.05, 4.69) is 4.85 Å². The van der Waals surface area contributed by atoms with Gasteiger partial charge >= 0.3 is 0 Å². The Labute approximate surface area is 147 Å². The fraction of sp³-hybridized carbons (Fsp3) is 0.235. The van der Waals surface area contributed by atoms with Crippen molar-refractivity contribution >= 4 is 15.5 Å². The van der Waals surface area contributed by atoms with Crippen molar-refractivity contribution in [3.63, 3.8) is 0 Å². The highest BCUT2D eigenvalue weighted by Gasteiger charge is 2.45. The molecule has 136 valence electrons. The first-order valence-corrected chi connectivity index (χ1v) is 9.21. The summed E-state index contributed by atoms with van der Waals surface area (Å²) in [5.74, 6) is -1.17. The summed E-state index contributed by atoms with van der Waals surface area (Å²) >= 11 is 0. The summed E-state index contributed by atoms with van der Waals surface area (Å²) in [4.78, 5) is 2.66. The largest absolute Gasteiger partial charge is 0.458 e. The number of hydrogen-bond acceptors (Lipinski definition) is 4. The van der Waals surface area contributed by atoms with Gasteiger partial charge in [0.25, 0.3) is 0 Å². The molecule has 26 heavy (non-hydrogen) atoms. The van der Waals surface area contributed by atoms with Crippen LogP contribution < -0.4 is 4.74 Å². The van der Waals surface area contributed by atoms with E-state index in [9.17, 15) is 26.7 Å². The number of aliphatic hydroxyl groups excluding tert-OH is 1. The summed E-state index contributed by atoms with van der Waals surface area (Å²) in [5, 5.41) is 9.95. The summed E-state index contributed by atoms with van der Waals surface area (Å²) < 4.78 is 71.0. The van der Waals surface area contributed by atoms with Gasteiger partial charge in [-0.05, 0) is 24.3 Å². The molecular weight excluding hydrogens is 371 g/mol. The molecule has 1 N–H and O–H groups in total. The predicted molar refractivity (Wildman–Crippen MR) is 86.0 cm³/mol. The Kier molecular flexibility index (Phi) is 4.42. The van der Waals surface area contributed by atoms with E-state index in [0.29, 0.717) is 0 Å². The molecule has 3 rings (SSSR count). The van der Waals surface area contributed by atoms with E-state index >= 15 is 0 Å². The van der Waals surface area contributed by atoms with Crippen LogP contribution in [0.3, 0.4) is 0 Å². The highest BCUT2D eigenvalue weighted by molar-refractivity contribution is 7.90. The minimum absolute atomic E-state index is 0.0652. The van der Waals surface area contributed by atoms with Crippen LogP contribution in [0, 0.1) is 12.4 Å². The van der Waals surface area contributed by atoms with Gasteiger partial charge in [0.1, 0.15) is 23.4 Å². The SMILES string of the molecule is [C-]#[N+]c1cc(F)cc(Oc2ccc(S(C)(=O)=O)c3c2[C@H](F)[C@@H](F)[C@H]3O)c1. The smallest absolute Gasteiger partial charge is 0.193 e. The normalized spacial score (nSPS) is 21.9. The van der Waals surface area contributed by atoms with Crippen molar-refractivity contribution < 1.29 is 31.4 Å². The number of fused-ring (bicyclic) bond motifs is 1. The Morgan fingerprint density at radius 1 is 1.19 bits per heavy atom. The first-order valence-electron chi connectivity index (χ1n) is 7.32. The molecule has 9 heteroatoms. The second kappa shape index (κ2) is 6.30. The monoisotopic (exact) mass is 383 g/mol. The summed E-state index contributed by atoms with van der Waals surface area (Å²) in [7, 11) is -3.86. The van der Waals surface area contributed by atoms with Crippen LogP contribution in [-0.4, -0.2) is 26.0 Å². The van der Waals surface area contributed by atoms with Crippen molar-refractivity contribution in [1.82, 2.24) is 0 Å². The molecular formula is C17H12F3NO4S. The lowest BCUT2D eigenvalue weighted by Crippen LogP contribution is -2.11. The van der Waals surface area contributed by atoms with Crippen LogP contribution in [0.5, 0.6) is 11.5 Å². The van der Waals surface area contributed by atoms with Gasteiger partial charge in [-0.15, -0.1) is 0 Å². The van der Waals surface area contributed by atoms with Gasteiger partial charge < -0.3 is 9.84 Å². The molecule has 0 saturated heterocycles. The van der Waals surface area contributed by atoms with Gasteiger partial charge in [0.2, 0.25) is 0 Å². The van der Waals surface area contributed by atoms with Crippen molar-refractivity contribution in [3.8, 4) is 11.5 Å². The maximum atomic E-state index is 14.4. The third-order valence-corrected chi connectivity index (χ3v) is 5.13. The Morgan fingerprint density at radius 3 is 2.50 bits per heavy atom. The zero-order valence-electron chi connectivity index (χ0n) is 13.3.